The molecule has 3 aromatic heterocycles. The van der Waals surface area contributed by atoms with Crippen LogP contribution in [0.1, 0.15) is 37.2 Å². The van der Waals surface area contributed by atoms with Crippen molar-refractivity contribution in [1.82, 2.24) is 20.2 Å². The molecule has 1 aliphatic carbocycles. The van der Waals surface area contributed by atoms with Gasteiger partial charge in [0.15, 0.2) is 5.65 Å². The Morgan fingerprint density at radius 1 is 1.15 bits per heavy atom. The molecule has 0 atom stereocenters. The van der Waals surface area contributed by atoms with Crippen molar-refractivity contribution in [3.8, 4) is 17.1 Å². The lowest BCUT2D eigenvalue weighted by Crippen LogP contribution is -2.26. The number of nitrogens with zero attached hydrogens (tertiary/aromatic N) is 3. The van der Waals surface area contributed by atoms with E-state index in [1.807, 2.05) is 12.3 Å². The van der Waals surface area contributed by atoms with E-state index in [0.29, 0.717) is 16.7 Å². The van der Waals surface area contributed by atoms with Gasteiger partial charge in [0, 0.05) is 35.6 Å². The average molecular weight is 371 g/mol. The Kier molecular flexibility index (Phi) is 4.02. The maximum Gasteiger partial charge on any atom is 0.217 e. The molecule has 0 spiro atoms. The van der Waals surface area contributed by atoms with Crippen molar-refractivity contribution < 1.29 is 9.47 Å². The Labute approximate surface area is 155 Å². The van der Waals surface area contributed by atoms with E-state index in [2.05, 4.69) is 26.2 Å². The second-order valence-corrected chi connectivity index (χ2v) is 7.31. The Hall–Kier alpha value is -2.18. The van der Waals surface area contributed by atoms with Crippen molar-refractivity contribution in [3.63, 3.8) is 0 Å². The zero-order valence-electron chi connectivity index (χ0n) is 14.2. The number of nitrogens with one attached hydrogen (secondary N) is 1. The van der Waals surface area contributed by atoms with E-state index >= 15 is 0 Å². The molecule has 3 aromatic rings. The normalized spacial score (nSPS) is 18.3. The first-order valence-corrected chi connectivity index (χ1v) is 9.41. The van der Waals surface area contributed by atoms with Crippen LogP contribution >= 0.6 is 11.6 Å². The third-order valence-corrected chi connectivity index (χ3v) is 5.23. The van der Waals surface area contributed by atoms with Crippen molar-refractivity contribution in [2.24, 2.45) is 0 Å². The fourth-order valence-electron chi connectivity index (χ4n) is 3.44. The summed E-state index contributed by atoms with van der Waals surface area (Å²) >= 11 is 5.96. The lowest BCUT2D eigenvalue weighted by molar-refractivity contribution is 0.0233. The van der Waals surface area contributed by atoms with Gasteiger partial charge in [0.2, 0.25) is 5.88 Å². The van der Waals surface area contributed by atoms with Gasteiger partial charge >= 0.3 is 0 Å². The van der Waals surface area contributed by atoms with Crippen molar-refractivity contribution in [2.45, 2.75) is 37.7 Å². The molecule has 4 heterocycles. The first-order chi connectivity index (χ1) is 12.8. The summed E-state index contributed by atoms with van der Waals surface area (Å²) in [6, 6.07) is 5.90. The number of ether oxygens (including phenoxy) is 2. The number of H-pyrrole nitrogens is 1. The second kappa shape index (κ2) is 6.52. The van der Waals surface area contributed by atoms with Crippen molar-refractivity contribution in [2.75, 3.05) is 13.2 Å². The number of rotatable bonds is 4. The first-order valence-electron chi connectivity index (χ1n) is 9.03. The maximum atomic E-state index is 6.22. The molecule has 26 heavy (non-hydrogen) atoms. The van der Waals surface area contributed by atoms with Crippen LogP contribution in [0.25, 0.3) is 22.3 Å². The van der Waals surface area contributed by atoms with Crippen LogP contribution in [0.5, 0.6) is 5.88 Å². The molecule has 1 saturated heterocycles. The zero-order valence-corrected chi connectivity index (χ0v) is 15.0. The molecule has 7 heteroatoms. The molecular formula is C19H19ClN4O2. The fraction of sp³-hybridized carbons (Fsp3) is 0.421. The van der Waals surface area contributed by atoms with Crippen LogP contribution in [-0.2, 0) is 4.74 Å². The minimum atomic E-state index is 0.193. The van der Waals surface area contributed by atoms with Crippen LogP contribution in [-0.4, -0.2) is 39.5 Å². The zero-order chi connectivity index (χ0) is 17.5. The van der Waals surface area contributed by atoms with Crippen LogP contribution in [0.2, 0.25) is 5.15 Å². The predicted molar refractivity (Wildman–Crippen MR) is 98.6 cm³/mol. The quantitative estimate of drug-likeness (QED) is 0.699. The SMILES string of the molecule is Clc1ccc2c(-c3cnc(OC4CCOCC4)c(C4CC4)c3)[nH]nc2n1. The Morgan fingerprint density at radius 2 is 2.00 bits per heavy atom. The van der Waals surface area contributed by atoms with Crippen molar-refractivity contribution >= 4 is 22.6 Å². The van der Waals surface area contributed by atoms with Gasteiger partial charge in [-0.15, -0.1) is 0 Å². The van der Waals surface area contributed by atoms with Gasteiger partial charge in [-0.25, -0.2) is 9.97 Å². The molecule has 0 aromatic carbocycles. The molecule has 2 aliphatic rings. The highest BCUT2D eigenvalue weighted by Crippen LogP contribution is 2.45. The van der Waals surface area contributed by atoms with Gasteiger partial charge in [-0.1, -0.05) is 11.6 Å². The van der Waals surface area contributed by atoms with Gasteiger partial charge in [0.05, 0.1) is 18.9 Å². The maximum absolute atomic E-state index is 6.22. The molecule has 0 radical (unpaired) electrons. The smallest absolute Gasteiger partial charge is 0.217 e. The van der Waals surface area contributed by atoms with E-state index in [0.717, 1.165) is 48.6 Å². The average Bonchev–Trinajstić information content (AvgIpc) is 3.43. The summed E-state index contributed by atoms with van der Waals surface area (Å²) in [5, 5.41) is 8.72. The largest absolute Gasteiger partial charge is 0.474 e. The van der Waals surface area contributed by atoms with E-state index in [4.69, 9.17) is 21.1 Å². The number of fused-ring (bicyclic) bond motifs is 1. The van der Waals surface area contributed by atoms with E-state index < -0.39 is 0 Å². The third-order valence-electron chi connectivity index (χ3n) is 5.02. The van der Waals surface area contributed by atoms with E-state index in [9.17, 15) is 0 Å². The number of hydrogen-bond donors (Lipinski definition) is 1. The van der Waals surface area contributed by atoms with E-state index in [-0.39, 0.29) is 6.10 Å². The second-order valence-electron chi connectivity index (χ2n) is 6.93. The number of hydrogen-bond acceptors (Lipinski definition) is 5. The molecule has 0 amide bonds. The lowest BCUT2D eigenvalue weighted by atomic mass is 10.1. The van der Waals surface area contributed by atoms with Gasteiger partial charge in [-0.05, 0) is 37.0 Å². The molecular weight excluding hydrogens is 352 g/mol. The molecule has 5 rings (SSSR count). The summed E-state index contributed by atoms with van der Waals surface area (Å²) in [5.74, 6) is 1.31. The highest BCUT2D eigenvalue weighted by molar-refractivity contribution is 6.29. The van der Waals surface area contributed by atoms with Crippen LogP contribution in [0.15, 0.2) is 24.4 Å². The molecule has 2 fully saturated rings. The van der Waals surface area contributed by atoms with Crippen LogP contribution in [0.4, 0.5) is 0 Å². The number of halogens is 1. The number of aromatic amines is 1. The summed E-state index contributed by atoms with van der Waals surface area (Å²) in [6.45, 7) is 1.52. The molecule has 1 aliphatic heterocycles. The Balaban J connectivity index is 1.50. The predicted octanol–water partition coefficient (Wildman–Crippen LogP) is 4.11. The van der Waals surface area contributed by atoms with Crippen molar-refractivity contribution in [1.29, 1.82) is 0 Å². The lowest BCUT2D eigenvalue weighted by Gasteiger charge is -2.24. The molecule has 134 valence electrons. The first kappa shape index (κ1) is 16.0. The molecule has 0 unspecified atom stereocenters. The minimum absolute atomic E-state index is 0.193. The standard InChI is InChI=1S/C19H19ClN4O2/c20-16-4-3-14-17(23-24-18(14)22-16)12-9-15(11-1-2-11)19(21-10-12)26-13-5-7-25-8-6-13/h3-4,9-11,13H,1-2,5-8H2,(H,22,23,24). The van der Waals surface area contributed by atoms with Gasteiger partial charge in [-0.3, -0.25) is 5.10 Å². The Bertz CT molecular complexity index is 948. The fourth-order valence-corrected chi connectivity index (χ4v) is 3.58. The van der Waals surface area contributed by atoms with Crippen LogP contribution in [0.3, 0.4) is 0 Å². The van der Waals surface area contributed by atoms with Gasteiger partial charge in [0.25, 0.3) is 0 Å². The summed E-state index contributed by atoms with van der Waals surface area (Å²) < 4.78 is 11.6. The van der Waals surface area contributed by atoms with Gasteiger partial charge in [-0.2, -0.15) is 5.10 Å². The van der Waals surface area contributed by atoms with Gasteiger partial charge in [0.1, 0.15) is 11.3 Å². The van der Waals surface area contributed by atoms with Crippen LogP contribution < -0.4 is 4.74 Å². The van der Waals surface area contributed by atoms with E-state index in [1.54, 1.807) is 6.07 Å². The number of pyridine rings is 2. The van der Waals surface area contributed by atoms with Gasteiger partial charge < -0.3 is 9.47 Å². The highest BCUT2D eigenvalue weighted by Gasteiger charge is 2.30. The summed E-state index contributed by atoms with van der Waals surface area (Å²) in [5.41, 5.74) is 3.72. The minimum Gasteiger partial charge on any atom is -0.474 e. The van der Waals surface area contributed by atoms with E-state index in [1.165, 1.54) is 18.4 Å². The number of aromatic nitrogens is 4. The Morgan fingerprint density at radius 3 is 2.81 bits per heavy atom. The monoisotopic (exact) mass is 370 g/mol. The molecule has 1 saturated carbocycles. The third kappa shape index (κ3) is 3.04. The molecule has 6 nitrogen and oxygen atoms in total. The van der Waals surface area contributed by atoms with Crippen LogP contribution in [0, 0.1) is 0 Å². The van der Waals surface area contributed by atoms with Crippen molar-refractivity contribution in [3.05, 3.63) is 35.1 Å². The summed E-state index contributed by atoms with van der Waals surface area (Å²) in [4.78, 5) is 8.91. The molecule has 1 N–H and O–H groups in total. The topological polar surface area (TPSA) is 72.9 Å². The highest BCUT2D eigenvalue weighted by atomic mass is 35.5. The summed E-state index contributed by atoms with van der Waals surface area (Å²) in [6.07, 6.45) is 6.27. The molecule has 0 bridgehead atoms. The summed E-state index contributed by atoms with van der Waals surface area (Å²) in [7, 11) is 0.